The van der Waals surface area contributed by atoms with E-state index < -0.39 is 0 Å². The molecular formula is C18H26ClN3O2. The molecule has 1 amide bonds. The standard InChI is InChI=1S/C18H26ClN3O2/c1-14-5-2-3-10-22(14)17-7-6-15(19)13-16(17)20-18(23)8-11-21-9-4-12-24-21/h6-7,13-14H,2-5,8-12H2,1H3,(H,20,23)/t14-/m0/s1. The number of benzene rings is 1. The van der Waals surface area contributed by atoms with Crippen LogP contribution in [-0.2, 0) is 9.63 Å². The Morgan fingerprint density at radius 2 is 2.21 bits per heavy atom. The molecule has 0 spiro atoms. The van der Waals surface area contributed by atoms with Crippen molar-refractivity contribution in [3.8, 4) is 0 Å². The minimum atomic E-state index is -0.00122. The summed E-state index contributed by atoms with van der Waals surface area (Å²) in [4.78, 5) is 20.1. The monoisotopic (exact) mass is 351 g/mol. The van der Waals surface area contributed by atoms with Crippen molar-refractivity contribution < 1.29 is 9.63 Å². The molecule has 1 atom stereocenters. The molecule has 1 aromatic rings. The van der Waals surface area contributed by atoms with Gasteiger partial charge >= 0.3 is 0 Å². The fraction of sp³-hybridized carbons (Fsp3) is 0.611. The van der Waals surface area contributed by atoms with Gasteiger partial charge < -0.3 is 10.2 Å². The maximum Gasteiger partial charge on any atom is 0.225 e. The van der Waals surface area contributed by atoms with E-state index in [1.54, 1.807) is 0 Å². The van der Waals surface area contributed by atoms with Crippen LogP contribution in [0, 0.1) is 0 Å². The Labute approximate surface area is 148 Å². The van der Waals surface area contributed by atoms with Gasteiger partial charge in [-0.15, -0.1) is 0 Å². The first-order chi connectivity index (χ1) is 11.6. The van der Waals surface area contributed by atoms with Crippen LogP contribution in [0.25, 0.3) is 0 Å². The lowest BCUT2D eigenvalue weighted by Crippen LogP contribution is -2.38. The van der Waals surface area contributed by atoms with Gasteiger partial charge in [-0.25, -0.2) is 0 Å². The first-order valence-electron chi connectivity index (χ1n) is 8.87. The lowest BCUT2D eigenvalue weighted by Gasteiger charge is -2.36. The van der Waals surface area contributed by atoms with E-state index in [4.69, 9.17) is 16.4 Å². The number of carbonyl (C=O) groups excluding carboxylic acids is 1. The van der Waals surface area contributed by atoms with Gasteiger partial charge in [0.1, 0.15) is 0 Å². The number of rotatable bonds is 5. The van der Waals surface area contributed by atoms with E-state index in [9.17, 15) is 4.79 Å². The van der Waals surface area contributed by atoms with Gasteiger partial charge in [-0.05, 0) is 50.8 Å². The van der Waals surface area contributed by atoms with Crippen LogP contribution in [0.15, 0.2) is 18.2 Å². The van der Waals surface area contributed by atoms with E-state index in [2.05, 4.69) is 17.1 Å². The second-order valence-electron chi connectivity index (χ2n) is 6.61. The quantitative estimate of drug-likeness (QED) is 0.878. The van der Waals surface area contributed by atoms with Crippen LogP contribution in [0.1, 0.15) is 39.0 Å². The predicted molar refractivity (Wildman–Crippen MR) is 97.5 cm³/mol. The molecule has 0 aliphatic carbocycles. The van der Waals surface area contributed by atoms with Gasteiger partial charge in [-0.2, -0.15) is 5.06 Å². The van der Waals surface area contributed by atoms with Gasteiger partial charge in [0.15, 0.2) is 0 Å². The predicted octanol–water partition coefficient (Wildman–Crippen LogP) is 3.68. The Kier molecular flexibility index (Phi) is 5.98. The molecule has 2 aliphatic heterocycles. The van der Waals surface area contributed by atoms with E-state index in [1.807, 2.05) is 23.3 Å². The van der Waals surface area contributed by atoms with Gasteiger partial charge in [0, 0.05) is 37.1 Å². The number of nitrogens with one attached hydrogen (secondary N) is 1. The van der Waals surface area contributed by atoms with Crippen LogP contribution < -0.4 is 10.2 Å². The molecule has 5 nitrogen and oxygen atoms in total. The second kappa shape index (κ2) is 8.19. The zero-order valence-corrected chi connectivity index (χ0v) is 15.0. The summed E-state index contributed by atoms with van der Waals surface area (Å²) >= 11 is 6.16. The fourth-order valence-electron chi connectivity index (χ4n) is 3.43. The molecule has 0 bridgehead atoms. The average molecular weight is 352 g/mol. The molecule has 1 aromatic carbocycles. The third-order valence-corrected chi connectivity index (χ3v) is 4.99. The highest BCUT2D eigenvalue weighted by molar-refractivity contribution is 6.31. The van der Waals surface area contributed by atoms with Gasteiger partial charge in [0.05, 0.1) is 18.0 Å². The zero-order chi connectivity index (χ0) is 16.9. The van der Waals surface area contributed by atoms with Crippen LogP contribution in [0.5, 0.6) is 0 Å². The largest absolute Gasteiger partial charge is 0.367 e. The number of piperidine rings is 1. The van der Waals surface area contributed by atoms with Crippen LogP contribution in [0.4, 0.5) is 11.4 Å². The summed E-state index contributed by atoms with van der Waals surface area (Å²) in [7, 11) is 0. The van der Waals surface area contributed by atoms with Crippen LogP contribution in [0.2, 0.25) is 5.02 Å². The number of anilines is 2. The minimum Gasteiger partial charge on any atom is -0.367 e. The molecule has 0 unspecified atom stereocenters. The SMILES string of the molecule is C[C@H]1CCCCN1c1ccc(Cl)cc1NC(=O)CCN1CCCO1. The number of halogens is 1. The molecule has 24 heavy (non-hydrogen) atoms. The van der Waals surface area contributed by atoms with Gasteiger partial charge in [0.2, 0.25) is 5.91 Å². The molecule has 132 valence electrons. The molecule has 3 rings (SSSR count). The highest BCUT2D eigenvalue weighted by Gasteiger charge is 2.22. The van der Waals surface area contributed by atoms with Crippen molar-refractivity contribution in [2.24, 2.45) is 0 Å². The summed E-state index contributed by atoms with van der Waals surface area (Å²) in [5.74, 6) is -0.00122. The molecule has 2 aliphatic rings. The van der Waals surface area contributed by atoms with Crippen molar-refractivity contribution in [1.29, 1.82) is 0 Å². The summed E-state index contributed by atoms with van der Waals surface area (Å²) < 4.78 is 0. The average Bonchev–Trinajstić information content (AvgIpc) is 3.08. The molecule has 2 fully saturated rings. The number of hydrogen-bond donors (Lipinski definition) is 1. The molecule has 6 heteroatoms. The first-order valence-corrected chi connectivity index (χ1v) is 9.25. The summed E-state index contributed by atoms with van der Waals surface area (Å²) in [5, 5.41) is 5.55. The van der Waals surface area contributed by atoms with Crippen LogP contribution in [0.3, 0.4) is 0 Å². The maximum absolute atomic E-state index is 12.3. The smallest absolute Gasteiger partial charge is 0.225 e. The molecule has 2 saturated heterocycles. The van der Waals surface area contributed by atoms with E-state index in [-0.39, 0.29) is 5.91 Å². The zero-order valence-electron chi connectivity index (χ0n) is 14.3. The van der Waals surface area contributed by atoms with Crippen molar-refractivity contribution in [3.05, 3.63) is 23.2 Å². The summed E-state index contributed by atoms with van der Waals surface area (Å²) in [5.41, 5.74) is 1.88. The third-order valence-electron chi connectivity index (χ3n) is 4.76. The molecule has 1 N–H and O–H groups in total. The number of hydroxylamine groups is 2. The fourth-order valence-corrected chi connectivity index (χ4v) is 3.60. The molecule has 0 saturated carbocycles. The van der Waals surface area contributed by atoms with Crippen molar-refractivity contribution in [1.82, 2.24) is 5.06 Å². The van der Waals surface area contributed by atoms with Gasteiger partial charge in [-0.3, -0.25) is 9.63 Å². The normalized spacial score (nSPS) is 21.9. The Morgan fingerprint density at radius 3 is 2.96 bits per heavy atom. The highest BCUT2D eigenvalue weighted by atomic mass is 35.5. The minimum absolute atomic E-state index is 0.00122. The third kappa shape index (κ3) is 4.41. The number of amides is 1. The van der Waals surface area contributed by atoms with Crippen LogP contribution >= 0.6 is 11.6 Å². The summed E-state index contributed by atoms with van der Waals surface area (Å²) in [6.07, 6.45) is 5.09. The molecule has 0 aromatic heterocycles. The number of nitrogens with zero attached hydrogens (tertiary/aromatic N) is 2. The maximum atomic E-state index is 12.3. The number of carbonyl (C=O) groups is 1. The van der Waals surface area contributed by atoms with Crippen LogP contribution in [-0.4, -0.2) is 43.3 Å². The lowest BCUT2D eigenvalue weighted by atomic mass is 10.0. The molecule has 2 heterocycles. The Balaban J connectivity index is 1.66. The topological polar surface area (TPSA) is 44.8 Å². The number of hydrogen-bond acceptors (Lipinski definition) is 4. The summed E-state index contributed by atoms with van der Waals surface area (Å²) in [6, 6.07) is 6.24. The van der Waals surface area contributed by atoms with Crippen molar-refractivity contribution in [2.45, 2.75) is 45.1 Å². The first kappa shape index (κ1) is 17.5. The van der Waals surface area contributed by atoms with E-state index in [0.29, 0.717) is 24.0 Å². The summed E-state index contributed by atoms with van der Waals surface area (Å²) in [6.45, 7) is 5.55. The van der Waals surface area contributed by atoms with E-state index in [1.165, 1.54) is 19.3 Å². The Morgan fingerprint density at radius 1 is 1.33 bits per heavy atom. The Hall–Kier alpha value is -1.30. The Bertz CT molecular complexity index is 575. The van der Waals surface area contributed by atoms with Gasteiger partial charge in [-0.1, -0.05) is 11.6 Å². The van der Waals surface area contributed by atoms with E-state index in [0.717, 1.165) is 37.5 Å². The van der Waals surface area contributed by atoms with E-state index >= 15 is 0 Å². The molecule has 0 radical (unpaired) electrons. The van der Waals surface area contributed by atoms with Gasteiger partial charge in [0.25, 0.3) is 0 Å². The van der Waals surface area contributed by atoms with Crippen molar-refractivity contribution >= 4 is 28.9 Å². The lowest BCUT2D eigenvalue weighted by molar-refractivity contribution is -0.126. The van der Waals surface area contributed by atoms with Crippen molar-refractivity contribution in [2.75, 3.05) is 36.5 Å². The van der Waals surface area contributed by atoms with Crippen molar-refractivity contribution in [3.63, 3.8) is 0 Å². The second-order valence-corrected chi connectivity index (χ2v) is 7.05. The molecular weight excluding hydrogens is 326 g/mol. The highest BCUT2D eigenvalue weighted by Crippen LogP contribution is 2.33.